The second-order valence-corrected chi connectivity index (χ2v) is 11.9. The second-order valence-electron chi connectivity index (χ2n) is 6.82. The van der Waals surface area contributed by atoms with E-state index in [4.69, 9.17) is 0 Å². The zero-order valence-electron chi connectivity index (χ0n) is 11.6. The first-order chi connectivity index (χ1) is 7.72. The van der Waals surface area contributed by atoms with Gasteiger partial charge in [-0.25, -0.2) is 0 Å². The summed E-state index contributed by atoms with van der Waals surface area (Å²) in [5, 5.41) is 1.46. The lowest BCUT2D eigenvalue weighted by atomic mass is 9.72. The highest BCUT2D eigenvalue weighted by Gasteiger charge is 2.32. The maximum Gasteiger partial charge on any atom is 0.163 e. The van der Waals surface area contributed by atoms with E-state index in [-0.39, 0.29) is 5.41 Å². The zero-order chi connectivity index (χ0) is 12.8. The highest BCUT2D eigenvalue weighted by molar-refractivity contribution is 6.88. The van der Waals surface area contributed by atoms with E-state index in [9.17, 15) is 4.79 Å². The van der Waals surface area contributed by atoms with Crippen LogP contribution in [-0.4, -0.2) is 13.9 Å². The lowest BCUT2D eigenvalue weighted by molar-refractivity contribution is 0.0957. The van der Waals surface area contributed by atoms with Crippen LogP contribution in [0.1, 0.15) is 42.6 Å². The first-order valence-corrected chi connectivity index (χ1v) is 9.90. The molecule has 17 heavy (non-hydrogen) atoms. The van der Waals surface area contributed by atoms with Crippen molar-refractivity contribution >= 4 is 19.0 Å². The molecule has 0 radical (unpaired) electrons. The Morgan fingerprint density at radius 1 is 1.18 bits per heavy atom. The number of hydrogen-bond donors (Lipinski definition) is 0. The molecule has 1 aliphatic rings. The third kappa shape index (κ3) is 2.23. The molecule has 1 nitrogen and oxygen atoms in total. The van der Waals surface area contributed by atoms with Gasteiger partial charge in [0.05, 0.1) is 8.07 Å². The third-order valence-corrected chi connectivity index (χ3v) is 5.94. The normalized spacial score (nSPS) is 19.0. The molecule has 0 saturated carbocycles. The summed E-state index contributed by atoms with van der Waals surface area (Å²) in [5.41, 5.74) is 2.38. The molecule has 0 aromatic heterocycles. The number of ketones is 1. The van der Waals surface area contributed by atoms with Gasteiger partial charge in [-0.05, 0) is 17.4 Å². The van der Waals surface area contributed by atoms with Crippen LogP contribution in [0.5, 0.6) is 0 Å². The van der Waals surface area contributed by atoms with Gasteiger partial charge in [-0.1, -0.05) is 56.9 Å². The van der Waals surface area contributed by atoms with Crippen molar-refractivity contribution in [3.05, 3.63) is 29.3 Å². The van der Waals surface area contributed by atoms with Crippen LogP contribution in [0, 0.1) is 0 Å². The van der Waals surface area contributed by atoms with Gasteiger partial charge in [-0.2, -0.15) is 0 Å². The van der Waals surface area contributed by atoms with Gasteiger partial charge in [0.1, 0.15) is 0 Å². The van der Waals surface area contributed by atoms with Crippen LogP contribution in [0.4, 0.5) is 0 Å². The molecule has 1 aromatic carbocycles. The molecule has 0 saturated heterocycles. The standard InChI is InChI=1S/C15H22OSi/c1-15(2)9-8-14(16)12-7-6-11(10-13(12)15)17(3,4)5/h6-7,10H,8-9H2,1-5H3. The topological polar surface area (TPSA) is 17.1 Å². The fourth-order valence-electron chi connectivity index (χ4n) is 2.51. The molecule has 0 bridgehead atoms. The molecule has 0 unspecified atom stereocenters. The van der Waals surface area contributed by atoms with E-state index < -0.39 is 8.07 Å². The zero-order valence-corrected chi connectivity index (χ0v) is 12.6. The molecule has 1 aliphatic carbocycles. The Hall–Kier alpha value is -0.893. The van der Waals surface area contributed by atoms with E-state index in [1.807, 2.05) is 0 Å². The number of Topliss-reactive ketones (excluding diaryl/α,β-unsaturated/α-hetero) is 1. The maximum atomic E-state index is 11.9. The molecule has 2 heteroatoms. The summed E-state index contributed by atoms with van der Waals surface area (Å²) in [6.45, 7) is 11.6. The fourth-order valence-corrected chi connectivity index (χ4v) is 3.67. The minimum Gasteiger partial charge on any atom is -0.294 e. The molecule has 92 valence electrons. The lowest BCUT2D eigenvalue weighted by Gasteiger charge is -2.33. The summed E-state index contributed by atoms with van der Waals surface area (Å²) in [4.78, 5) is 11.9. The number of rotatable bonds is 1. The number of carbonyl (C=O) groups is 1. The largest absolute Gasteiger partial charge is 0.294 e. The molecule has 0 spiro atoms. The van der Waals surface area contributed by atoms with Gasteiger partial charge in [0.2, 0.25) is 0 Å². The smallest absolute Gasteiger partial charge is 0.163 e. The minimum absolute atomic E-state index is 0.152. The lowest BCUT2D eigenvalue weighted by Crippen LogP contribution is -2.39. The van der Waals surface area contributed by atoms with Gasteiger partial charge in [0, 0.05) is 12.0 Å². The van der Waals surface area contributed by atoms with Crippen LogP contribution in [-0.2, 0) is 5.41 Å². The van der Waals surface area contributed by atoms with Gasteiger partial charge in [0.15, 0.2) is 5.78 Å². The Labute approximate surface area is 105 Å². The summed E-state index contributed by atoms with van der Waals surface area (Å²) in [6, 6.07) is 6.54. The van der Waals surface area contributed by atoms with Crippen LogP contribution in [0.25, 0.3) is 0 Å². The van der Waals surface area contributed by atoms with Crippen LogP contribution in [0.2, 0.25) is 19.6 Å². The summed E-state index contributed by atoms with van der Waals surface area (Å²) in [5.74, 6) is 0.321. The summed E-state index contributed by atoms with van der Waals surface area (Å²) in [6.07, 6.45) is 1.68. The van der Waals surface area contributed by atoms with E-state index in [0.717, 1.165) is 12.0 Å². The highest BCUT2D eigenvalue weighted by atomic mass is 28.3. The van der Waals surface area contributed by atoms with Crippen molar-refractivity contribution in [3.63, 3.8) is 0 Å². The second kappa shape index (κ2) is 3.81. The van der Waals surface area contributed by atoms with Gasteiger partial charge >= 0.3 is 0 Å². The first-order valence-electron chi connectivity index (χ1n) is 6.40. The first kappa shape index (κ1) is 12.6. The Kier molecular flexibility index (Phi) is 2.81. The molecule has 0 N–H and O–H groups in total. The predicted molar refractivity (Wildman–Crippen MR) is 76.0 cm³/mol. The van der Waals surface area contributed by atoms with Crippen LogP contribution < -0.4 is 5.19 Å². The van der Waals surface area contributed by atoms with Crippen LogP contribution >= 0.6 is 0 Å². The van der Waals surface area contributed by atoms with Gasteiger partial charge < -0.3 is 0 Å². The molecule has 0 amide bonds. The van der Waals surface area contributed by atoms with Crippen molar-refractivity contribution in [1.82, 2.24) is 0 Å². The number of benzene rings is 1. The van der Waals surface area contributed by atoms with Gasteiger partial charge in [0.25, 0.3) is 0 Å². The average Bonchev–Trinajstić information content (AvgIpc) is 2.22. The van der Waals surface area contributed by atoms with Crippen molar-refractivity contribution < 1.29 is 4.79 Å². The SMILES string of the molecule is CC1(C)CCC(=O)c2ccc([Si](C)(C)C)cc21. The van der Waals surface area contributed by atoms with Crippen molar-refractivity contribution in [2.75, 3.05) is 0 Å². The third-order valence-electron chi connectivity index (χ3n) is 3.89. The van der Waals surface area contributed by atoms with E-state index >= 15 is 0 Å². The highest BCUT2D eigenvalue weighted by Crippen LogP contribution is 2.36. The van der Waals surface area contributed by atoms with Crippen molar-refractivity contribution in [2.45, 2.75) is 51.7 Å². The molecular formula is C15H22OSi. The Morgan fingerprint density at radius 3 is 2.41 bits per heavy atom. The maximum absolute atomic E-state index is 11.9. The number of carbonyl (C=O) groups excluding carboxylic acids is 1. The van der Waals surface area contributed by atoms with E-state index in [2.05, 4.69) is 51.7 Å². The summed E-state index contributed by atoms with van der Waals surface area (Å²) < 4.78 is 0. The molecule has 1 aromatic rings. The minimum atomic E-state index is -1.29. The quantitative estimate of drug-likeness (QED) is 0.693. The van der Waals surface area contributed by atoms with Crippen molar-refractivity contribution in [3.8, 4) is 0 Å². The molecule has 2 rings (SSSR count). The van der Waals surface area contributed by atoms with Gasteiger partial charge in [-0.15, -0.1) is 0 Å². The monoisotopic (exact) mass is 246 g/mol. The predicted octanol–water partition coefficient (Wildman–Crippen LogP) is 3.49. The van der Waals surface area contributed by atoms with Crippen LogP contribution in [0.3, 0.4) is 0 Å². The fraction of sp³-hybridized carbons (Fsp3) is 0.533. The molecule has 0 aliphatic heterocycles. The van der Waals surface area contributed by atoms with E-state index in [1.54, 1.807) is 0 Å². The molecule has 0 atom stereocenters. The molecule has 0 fully saturated rings. The summed E-state index contributed by atoms with van der Waals surface area (Å²) in [7, 11) is -1.29. The average molecular weight is 246 g/mol. The van der Waals surface area contributed by atoms with Gasteiger partial charge in [-0.3, -0.25) is 4.79 Å². The summed E-state index contributed by atoms with van der Waals surface area (Å²) >= 11 is 0. The van der Waals surface area contributed by atoms with E-state index in [1.165, 1.54) is 10.8 Å². The van der Waals surface area contributed by atoms with Crippen molar-refractivity contribution in [2.24, 2.45) is 0 Å². The molecule has 0 heterocycles. The number of fused-ring (bicyclic) bond motifs is 1. The Morgan fingerprint density at radius 2 is 1.82 bits per heavy atom. The Bertz CT molecular complexity index is 466. The molecular weight excluding hydrogens is 224 g/mol. The van der Waals surface area contributed by atoms with Crippen LogP contribution in [0.15, 0.2) is 18.2 Å². The number of hydrogen-bond acceptors (Lipinski definition) is 1. The van der Waals surface area contributed by atoms with Crippen molar-refractivity contribution in [1.29, 1.82) is 0 Å². The van der Waals surface area contributed by atoms with E-state index in [0.29, 0.717) is 12.2 Å². The Balaban J connectivity index is 2.60.